The molecule has 0 saturated carbocycles. The fraction of sp³-hybridized carbons (Fsp3) is 0.300. The first-order valence-electron chi connectivity index (χ1n) is 8.68. The van der Waals surface area contributed by atoms with Crippen LogP contribution in [-0.2, 0) is 4.74 Å². The van der Waals surface area contributed by atoms with Gasteiger partial charge in [-0.05, 0) is 28.8 Å². The molecular formula is C20H18NNaO8. The van der Waals surface area contributed by atoms with E-state index in [4.69, 9.17) is 9.47 Å². The van der Waals surface area contributed by atoms with Gasteiger partial charge >= 0.3 is 29.6 Å². The van der Waals surface area contributed by atoms with Crippen LogP contribution >= 0.6 is 0 Å². The summed E-state index contributed by atoms with van der Waals surface area (Å²) in [7, 11) is 0. The van der Waals surface area contributed by atoms with Crippen LogP contribution in [0.15, 0.2) is 42.5 Å². The maximum atomic E-state index is 10.8. The predicted molar refractivity (Wildman–Crippen MR) is 95.3 cm³/mol. The minimum absolute atomic E-state index is 0. The van der Waals surface area contributed by atoms with Crippen molar-refractivity contribution in [3.8, 4) is 22.9 Å². The number of hydrogen-bond acceptors (Lipinski definition) is 9. The van der Waals surface area contributed by atoms with Crippen molar-refractivity contribution in [2.24, 2.45) is 0 Å². The minimum atomic E-state index is -1.60. The number of benzene rings is 2. The molecular weight excluding hydrogens is 405 g/mol. The summed E-state index contributed by atoms with van der Waals surface area (Å²) < 4.78 is 10.8. The number of carbonyl (C=O) groups is 1. The molecule has 2 aromatic carbocycles. The largest absolute Gasteiger partial charge is 1.00 e. The first-order chi connectivity index (χ1) is 13.8. The first-order valence-corrected chi connectivity index (χ1v) is 8.68. The van der Waals surface area contributed by atoms with E-state index in [2.05, 4.69) is 0 Å². The van der Waals surface area contributed by atoms with Crippen LogP contribution in [0.3, 0.4) is 0 Å². The zero-order valence-corrected chi connectivity index (χ0v) is 18.0. The van der Waals surface area contributed by atoms with E-state index in [1.54, 1.807) is 18.2 Å². The average molecular weight is 423 g/mol. The fourth-order valence-corrected chi connectivity index (χ4v) is 2.99. The van der Waals surface area contributed by atoms with E-state index in [9.17, 15) is 35.6 Å². The SMILES string of the molecule is N#Cc1cc(-c2ccc(C(=O)[O-])cc2)ccc1O[C@H]1O[C@H](CO)[C@@H](O)[C@H](O)[C@@H]1O.[Na+]. The number of rotatable bonds is 5. The molecule has 0 aliphatic carbocycles. The van der Waals surface area contributed by atoms with E-state index in [-0.39, 0.29) is 46.4 Å². The Balaban J connectivity index is 0.00000320. The summed E-state index contributed by atoms with van der Waals surface area (Å²) in [6.45, 7) is -0.600. The van der Waals surface area contributed by atoms with Gasteiger partial charge in [-0.25, -0.2) is 0 Å². The second-order valence-corrected chi connectivity index (χ2v) is 6.50. The molecule has 9 nitrogen and oxygen atoms in total. The predicted octanol–water partition coefficient (Wildman–Crippen LogP) is -4.23. The van der Waals surface area contributed by atoms with E-state index in [0.29, 0.717) is 11.1 Å². The number of ether oxygens (including phenoxy) is 2. The molecule has 1 aliphatic rings. The fourth-order valence-electron chi connectivity index (χ4n) is 2.99. The maximum absolute atomic E-state index is 10.8. The molecule has 1 saturated heterocycles. The van der Waals surface area contributed by atoms with Gasteiger partial charge in [0.05, 0.1) is 18.1 Å². The quantitative estimate of drug-likeness (QED) is 0.349. The topological polar surface area (TPSA) is 163 Å². The molecule has 1 fully saturated rings. The normalized spacial score (nSPS) is 25.6. The maximum Gasteiger partial charge on any atom is 1.00 e. The van der Waals surface area contributed by atoms with Gasteiger partial charge in [-0.1, -0.05) is 30.3 Å². The van der Waals surface area contributed by atoms with Gasteiger partial charge in [0, 0.05) is 0 Å². The van der Waals surface area contributed by atoms with Gasteiger partial charge in [-0.3, -0.25) is 0 Å². The first kappa shape index (κ1) is 24.3. The molecule has 4 N–H and O–H groups in total. The van der Waals surface area contributed by atoms with E-state index >= 15 is 0 Å². The molecule has 0 radical (unpaired) electrons. The molecule has 0 bridgehead atoms. The van der Waals surface area contributed by atoms with E-state index < -0.39 is 43.3 Å². The van der Waals surface area contributed by atoms with Crippen LogP contribution in [0.1, 0.15) is 15.9 Å². The second kappa shape index (κ2) is 10.3. The third-order valence-corrected chi connectivity index (χ3v) is 4.65. The number of hydrogen-bond donors (Lipinski definition) is 4. The van der Waals surface area contributed by atoms with E-state index in [1.807, 2.05) is 6.07 Å². The number of nitriles is 1. The van der Waals surface area contributed by atoms with Crippen molar-refractivity contribution in [2.75, 3.05) is 6.61 Å². The third-order valence-electron chi connectivity index (χ3n) is 4.65. The number of aliphatic hydroxyl groups excluding tert-OH is 4. The van der Waals surface area contributed by atoms with Crippen LogP contribution in [-0.4, -0.2) is 63.7 Å². The molecule has 30 heavy (non-hydrogen) atoms. The van der Waals surface area contributed by atoms with Crippen molar-refractivity contribution in [3.05, 3.63) is 53.6 Å². The Bertz CT molecular complexity index is 927. The zero-order valence-electron chi connectivity index (χ0n) is 16.0. The Labute approximate surface area is 194 Å². The van der Waals surface area contributed by atoms with Gasteiger partial charge in [0.25, 0.3) is 0 Å². The van der Waals surface area contributed by atoms with E-state index in [0.717, 1.165) is 0 Å². The van der Waals surface area contributed by atoms with Gasteiger partial charge in [-0.15, -0.1) is 0 Å². The Morgan fingerprint density at radius 1 is 1.07 bits per heavy atom. The van der Waals surface area contributed by atoms with Gasteiger partial charge in [0.1, 0.15) is 36.2 Å². The van der Waals surface area contributed by atoms with Crippen LogP contribution in [0.25, 0.3) is 11.1 Å². The summed E-state index contributed by atoms with van der Waals surface area (Å²) in [4.78, 5) is 10.8. The Morgan fingerprint density at radius 2 is 1.70 bits per heavy atom. The van der Waals surface area contributed by atoms with Gasteiger partial charge in [0.15, 0.2) is 0 Å². The van der Waals surface area contributed by atoms with E-state index in [1.165, 1.54) is 24.3 Å². The van der Waals surface area contributed by atoms with Crippen molar-refractivity contribution in [3.63, 3.8) is 0 Å². The number of carbonyl (C=O) groups excluding carboxylic acids is 1. The third kappa shape index (κ3) is 5.00. The smallest absolute Gasteiger partial charge is 0.545 e. The van der Waals surface area contributed by atoms with Crippen molar-refractivity contribution in [2.45, 2.75) is 30.7 Å². The molecule has 0 spiro atoms. The molecule has 152 valence electrons. The number of aromatic carboxylic acids is 1. The molecule has 2 aromatic rings. The van der Waals surface area contributed by atoms with Crippen molar-refractivity contribution < 1.29 is 69.4 Å². The molecule has 1 heterocycles. The summed E-state index contributed by atoms with van der Waals surface area (Å²) in [5, 5.41) is 59.3. The Morgan fingerprint density at radius 3 is 2.27 bits per heavy atom. The number of nitrogens with zero attached hydrogens (tertiary/aromatic N) is 1. The van der Waals surface area contributed by atoms with Crippen molar-refractivity contribution in [1.29, 1.82) is 5.26 Å². The molecule has 0 unspecified atom stereocenters. The minimum Gasteiger partial charge on any atom is -0.545 e. The summed E-state index contributed by atoms with van der Waals surface area (Å²) >= 11 is 0. The van der Waals surface area contributed by atoms with Crippen LogP contribution in [0, 0.1) is 11.3 Å². The summed E-state index contributed by atoms with van der Waals surface area (Å²) in [6.07, 6.45) is -7.26. The molecule has 10 heteroatoms. The second-order valence-electron chi connectivity index (χ2n) is 6.50. The van der Waals surface area contributed by atoms with Crippen LogP contribution in [0.2, 0.25) is 0 Å². The molecule has 0 aromatic heterocycles. The summed E-state index contributed by atoms with van der Waals surface area (Å²) in [5.74, 6) is -1.23. The van der Waals surface area contributed by atoms with Gasteiger partial charge in [0.2, 0.25) is 6.29 Å². The molecule has 1 aliphatic heterocycles. The van der Waals surface area contributed by atoms with Gasteiger partial charge in [-0.2, -0.15) is 5.26 Å². The van der Waals surface area contributed by atoms with Crippen LogP contribution in [0.5, 0.6) is 5.75 Å². The summed E-state index contributed by atoms with van der Waals surface area (Å²) in [6, 6.07) is 12.5. The standard InChI is InChI=1S/C20H19NO8.Na/c21-8-13-7-12(10-1-3-11(4-2-10)19(26)27)5-6-14(13)28-20-18(25)17(24)16(23)15(9-22)29-20;/h1-7,15-18,20,22-25H,9H2,(H,26,27);/q;+1/p-1/t15-,16-,17+,18+,20+;/m1./s1. The summed E-state index contributed by atoms with van der Waals surface area (Å²) in [5.41, 5.74) is 1.40. The zero-order chi connectivity index (χ0) is 21.1. The van der Waals surface area contributed by atoms with Crippen molar-refractivity contribution >= 4 is 5.97 Å². The number of carboxylic acid groups (broad SMARTS) is 1. The Kier molecular flexibility index (Phi) is 8.37. The van der Waals surface area contributed by atoms with Crippen molar-refractivity contribution in [1.82, 2.24) is 0 Å². The monoisotopic (exact) mass is 423 g/mol. The molecule has 3 rings (SSSR count). The average Bonchev–Trinajstić information content (AvgIpc) is 2.74. The Hall–Kier alpha value is -2.00. The van der Waals surface area contributed by atoms with Gasteiger partial charge < -0.3 is 39.8 Å². The molecule has 5 atom stereocenters. The van der Waals surface area contributed by atoms with Crippen LogP contribution < -0.4 is 39.4 Å². The number of carboxylic acids is 1. The number of aliphatic hydroxyl groups is 4. The van der Waals surface area contributed by atoms with Crippen LogP contribution in [0.4, 0.5) is 0 Å². The molecule has 0 amide bonds.